The number of nitrogens with one attached hydrogen (secondary N) is 2. The van der Waals surface area contributed by atoms with Crippen LogP contribution in [0.25, 0.3) is 0 Å². The molecule has 0 saturated heterocycles. The third-order valence-electron chi connectivity index (χ3n) is 2.98. The van der Waals surface area contributed by atoms with E-state index < -0.39 is 10.9 Å². The Morgan fingerprint density at radius 3 is 2.67 bits per heavy atom. The van der Waals surface area contributed by atoms with Gasteiger partial charge in [0.25, 0.3) is 5.69 Å². The van der Waals surface area contributed by atoms with E-state index in [2.05, 4.69) is 10.6 Å². The fourth-order valence-electron chi connectivity index (χ4n) is 1.96. The molecule has 2 aromatic carbocycles. The normalized spacial score (nSPS) is 9.88. The molecule has 0 spiro atoms. The van der Waals surface area contributed by atoms with Gasteiger partial charge < -0.3 is 15.4 Å². The SMILES string of the molecule is CCOC(=O)c1cccc(NC(=S)Nc2ccccc2[N+](=O)[O-])c1. The number of ether oxygens (including phenoxy) is 1. The number of carbonyl (C=O) groups excluding carboxylic acids is 1. The second-order valence-corrected chi connectivity index (χ2v) is 5.06. The Morgan fingerprint density at radius 1 is 1.21 bits per heavy atom. The van der Waals surface area contributed by atoms with Gasteiger partial charge in [0.2, 0.25) is 0 Å². The summed E-state index contributed by atoms with van der Waals surface area (Å²) < 4.78 is 4.94. The number of thiocarbonyl (C=S) groups is 1. The topological polar surface area (TPSA) is 93.5 Å². The Bertz CT molecular complexity index is 779. The molecule has 0 amide bonds. The molecular weight excluding hydrogens is 330 g/mol. The lowest BCUT2D eigenvalue weighted by atomic mass is 10.2. The zero-order valence-corrected chi connectivity index (χ0v) is 13.6. The van der Waals surface area contributed by atoms with E-state index >= 15 is 0 Å². The summed E-state index contributed by atoms with van der Waals surface area (Å²) in [5, 5.41) is 16.8. The quantitative estimate of drug-likeness (QED) is 0.370. The zero-order valence-electron chi connectivity index (χ0n) is 12.8. The van der Waals surface area contributed by atoms with Crippen molar-refractivity contribution in [2.45, 2.75) is 6.92 Å². The highest BCUT2D eigenvalue weighted by molar-refractivity contribution is 7.80. The number of carbonyl (C=O) groups is 1. The molecule has 0 unspecified atom stereocenters. The van der Waals surface area contributed by atoms with Crippen LogP contribution in [0.4, 0.5) is 17.1 Å². The first-order valence-electron chi connectivity index (χ1n) is 7.10. The lowest BCUT2D eigenvalue weighted by Crippen LogP contribution is -2.20. The van der Waals surface area contributed by atoms with Crippen molar-refractivity contribution < 1.29 is 14.5 Å². The number of hydrogen-bond acceptors (Lipinski definition) is 5. The highest BCUT2D eigenvalue weighted by atomic mass is 32.1. The summed E-state index contributed by atoms with van der Waals surface area (Å²) in [7, 11) is 0. The van der Waals surface area contributed by atoms with Crippen molar-refractivity contribution in [1.29, 1.82) is 0 Å². The van der Waals surface area contributed by atoms with Gasteiger partial charge in [-0.2, -0.15) is 0 Å². The van der Waals surface area contributed by atoms with Crippen LogP contribution in [0.5, 0.6) is 0 Å². The largest absolute Gasteiger partial charge is 0.462 e. The second-order valence-electron chi connectivity index (χ2n) is 4.65. The number of para-hydroxylation sites is 2. The average molecular weight is 345 g/mol. The molecule has 0 saturated carbocycles. The van der Waals surface area contributed by atoms with Crippen LogP contribution in [0.15, 0.2) is 48.5 Å². The summed E-state index contributed by atoms with van der Waals surface area (Å²) >= 11 is 5.16. The molecule has 0 atom stereocenters. The molecular formula is C16H15N3O4S. The van der Waals surface area contributed by atoms with Gasteiger partial charge in [-0.1, -0.05) is 18.2 Å². The molecule has 2 aromatic rings. The number of anilines is 2. The van der Waals surface area contributed by atoms with Gasteiger partial charge in [0.05, 0.1) is 17.1 Å². The van der Waals surface area contributed by atoms with Crippen LogP contribution in [-0.2, 0) is 4.74 Å². The summed E-state index contributed by atoms with van der Waals surface area (Å²) in [5.41, 5.74) is 1.15. The van der Waals surface area contributed by atoms with Crippen molar-refractivity contribution in [3.63, 3.8) is 0 Å². The highest BCUT2D eigenvalue weighted by Gasteiger charge is 2.13. The van der Waals surface area contributed by atoms with Gasteiger partial charge in [0.15, 0.2) is 5.11 Å². The molecule has 0 aliphatic heterocycles. The number of rotatable bonds is 5. The van der Waals surface area contributed by atoms with E-state index in [1.165, 1.54) is 6.07 Å². The number of nitro benzene ring substituents is 1. The minimum atomic E-state index is -0.494. The predicted octanol–water partition coefficient (Wildman–Crippen LogP) is 3.58. The maximum absolute atomic E-state index is 11.7. The fourth-order valence-corrected chi connectivity index (χ4v) is 2.19. The van der Waals surface area contributed by atoms with E-state index in [-0.39, 0.29) is 23.1 Å². The summed E-state index contributed by atoms with van der Waals surface area (Å²) in [5.74, 6) is -0.432. The summed E-state index contributed by atoms with van der Waals surface area (Å²) in [6.07, 6.45) is 0. The van der Waals surface area contributed by atoms with Crippen LogP contribution in [0.2, 0.25) is 0 Å². The molecule has 2 rings (SSSR count). The molecule has 124 valence electrons. The van der Waals surface area contributed by atoms with Crippen molar-refractivity contribution in [3.8, 4) is 0 Å². The lowest BCUT2D eigenvalue weighted by molar-refractivity contribution is -0.383. The Balaban J connectivity index is 2.09. The van der Waals surface area contributed by atoms with Crippen LogP contribution in [0, 0.1) is 10.1 Å². The molecule has 7 nitrogen and oxygen atoms in total. The maximum Gasteiger partial charge on any atom is 0.338 e. The van der Waals surface area contributed by atoms with Crippen molar-refractivity contribution >= 4 is 40.4 Å². The van der Waals surface area contributed by atoms with Crippen LogP contribution >= 0.6 is 12.2 Å². The Kier molecular flexibility index (Phi) is 5.80. The highest BCUT2D eigenvalue weighted by Crippen LogP contribution is 2.23. The Morgan fingerprint density at radius 2 is 1.96 bits per heavy atom. The predicted molar refractivity (Wildman–Crippen MR) is 95.3 cm³/mol. The maximum atomic E-state index is 11.7. The molecule has 0 fully saturated rings. The summed E-state index contributed by atoms with van der Waals surface area (Å²) in [6.45, 7) is 2.01. The van der Waals surface area contributed by atoms with Crippen LogP contribution in [0.3, 0.4) is 0 Å². The number of esters is 1. The number of benzene rings is 2. The monoisotopic (exact) mass is 345 g/mol. The number of hydrogen-bond donors (Lipinski definition) is 2. The molecule has 0 radical (unpaired) electrons. The zero-order chi connectivity index (χ0) is 17.5. The van der Waals surface area contributed by atoms with E-state index in [1.807, 2.05) is 0 Å². The van der Waals surface area contributed by atoms with Crippen LogP contribution < -0.4 is 10.6 Å². The van der Waals surface area contributed by atoms with Crippen molar-refractivity contribution in [3.05, 3.63) is 64.2 Å². The summed E-state index contributed by atoms with van der Waals surface area (Å²) in [6, 6.07) is 12.8. The van der Waals surface area contributed by atoms with E-state index in [0.717, 1.165) is 0 Å². The molecule has 8 heteroatoms. The molecule has 0 aromatic heterocycles. The second kappa shape index (κ2) is 8.02. The summed E-state index contributed by atoms with van der Waals surface area (Å²) in [4.78, 5) is 22.2. The van der Waals surface area contributed by atoms with Gasteiger partial charge in [-0.15, -0.1) is 0 Å². The van der Waals surface area contributed by atoms with Crippen molar-refractivity contribution in [2.75, 3.05) is 17.2 Å². The Hall–Kier alpha value is -3.00. The molecule has 0 bridgehead atoms. The lowest BCUT2D eigenvalue weighted by Gasteiger charge is -2.11. The smallest absolute Gasteiger partial charge is 0.338 e. The molecule has 0 heterocycles. The standard InChI is InChI=1S/C16H15N3O4S/c1-2-23-15(20)11-6-5-7-12(10-11)17-16(24)18-13-8-3-4-9-14(13)19(21)22/h3-10H,2H2,1H3,(H2,17,18,24). The van der Waals surface area contributed by atoms with Gasteiger partial charge in [-0.25, -0.2) is 4.79 Å². The van der Waals surface area contributed by atoms with E-state index in [4.69, 9.17) is 17.0 Å². The number of nitrogens with zero attached hydrogens (tertiary/aromatic N) is 1. The molecule has 2 N–H and O–H groups in total. The van der Waals surface area contributed by atoms with E-state index in [1.54, 1.807) is 49.4 Å². The number of nitro groups is 1. The third-order valence-corrected chi connectivity index (χ3v) is 3.18. The molecule has 0 aliphatic rings. The minimum Gasteiger partial charge on any atom is -0.462 e. The van der Waals surface area contributed by atoms with Crippen LogP contribution in [-0.4, -0.2) is 22.6 Å². The van der Waals surface area contributed by atoms with Gasteiger partial charge in [0.1, 0.15) is 5.69 Å². The fraction of sp³-hybridized carbons (Fsp3) is 0.125. The molecule has 0 aliphatic carbocycles. The minimum absolute atomic E-state index is 0.0816. The van der Waals surface area contributed by atoms with Gasteiger partial charge in [-0.05, 0) is 43.4 Å². The van der Waals surface area contributed by atoms with Gasteiger partial charge in [-0.3, -0.25) is 10.1 Å². The van der Waals surface area contributed by atoms with Crippen LogP contribution in [0.1, 0.15) is 17.3 Å². The van der Waals surface area contributed by atoms with Gasteiger partial charge >= 0.3 is 5.97 Å². The first-order chi connectivity index (χ1) is 11.5. The van der Waals surface area contributed by atoms with Crippen molar-refractivity contribution in [1.82, 2.24) is 0 Å². The van der Waals surface area contributed by atoms with Gasteiger partial charge in [0, 0.05) is 11.8 Å². The average Bonchev–Trinajstić information content (AvgIpc) is 2.55. The van der Waals surface area contributed by atoms with E-state index in [9.17, 15) is 14.9 Å². The third kappa shape index (κ3) is 4.50. The Labute approximate surface area is 143 Å². The first-order valence-corrected chi connectivity index (χ1v) is 7.50. The first kappa shape index (κ1) is 17.4. The van der Waals surface area contributed by atoms with E-state index in [0.29, 0.717) is 11.3 Å². The molecule has 24 heavy (non-hydrogen) atoms. The van der Waals surface area contributed by atoms with Crippen molar-refractivity contribution in [2.24, 2.45) is 0 Å².